The summed E-state index contributed by atoms with van der Waals surface area (Å²) in [6.07, 6.45) is 0.796. The van der Waals surface area contributed by atoms with Crippen LogP contribution in [0.4, 0.5) is 17.6 Å². The summed E-state index contributed by atoms with van der Waals surface area (Å²) in [7, 11) is 3.07. The van der Waals surface area contributed by atoms with Crippen LogP contribution in [0.3, 0.4) is 0 Å². The molecule has 3 aromatic carbocycles. The average molecular weight is 563 g/mol. The van der Waals surface area contributed by atoms with Crippen LogP contribution in [0.25, 0.3) is 11.0 Å². The van der Waals surface area contributed by atoms with Crippen LogP contribution >= 0.6 is 0 Å². The number of para-hydroxylation sites is 1. The van der Waals surface area contributed by atoms with Gasteiger partial charge in [0.05, 0.1) is 0 Å². The summed E-state index contributed by atoms with van der Waals surface area (Å²) in [5, 5.41) is 7.64. The number of hydrogen-bond donors (Lipinski definition) is 0. The second-order valence-electron chi connectivity index (χ2n) is 8.64. The van der Waals surface area contributed by atoms with Gasteiger partial charge in [0.25, 0.3) is 0 Å². The number of aromatic nitrogens is 3. The lowest BCUT2D eigenvalue weighted by Crippen LogP contribution is -2.23. The van der Waals surface area contributed by atoms with Crippen LogP contribution in [0, 0.1) is 51.0 Å². The van der Waals surface area contributed by atoms with Crippen LogP contribution in [-0.2, 0) is 9.59 Å². The van der Waals surface area contributed by atoms with E-state index in [0.717, 1.165) is 24.9 Å². The molecular weight excluding hydrogens is 528 g/mol. The molecule has 0 N–H and O–H groups in total. The van der Waals surface area contributed by atoms with Crippen LogP contribution < -0.4 is 4.84 Å². The van der Waals surface area contributed by atoms with E-state index < -0.39 is 34.4 Å². The molecule has 5 rings (SSSR count). The van der Waals surface area contributed by atoms with Crippen molar-refractivity contribution in [1.29, 1.82) is 0 Å². The maximum absolute atomic E-state index is 12.7. The zero-order chi connectivity index (χ0) is 29.3. The van der Waals surface area contributed by atoms with Crippen LogP contribution in [0.5, 0.6) is 0 Å². The highest BCUT2D eigenvalue weighted by Gasteiger charge is 2.24. The summed E-state index contributed by atoms with van der Waals surface area (Å²) in [6, 6.07) is 16.1. The van der Waals surface area contributed by atoms with Crippen molar-refractivity contribution in [2.75, 3.05) is 14.2 Å². The molecule has 0 unspecified atom stereocenters. The number of hydrogen-bond acceptors (Lipinski definition) is 5. The molecule has 0 aliphatic carbocycles. The van der Waals surface area contributed by atoms with Gasteiger partial charge in [0.2, 0.25) is 11.8 Å². The van der Waals surface area contributed by atoms with Crippen molar-refractivity contribution < 1.29 is 32.0 Å². The number of nitrogens with zero attached hydrogens (tertiary/aromatic N) is 4. The largest absolute Gasteiger partial charge is 0.398 e. The Kier molecular flexibility index (Phi) is 12.9. The van der Waals surface area contributed by atoms with Gasteiger partial charge in [0.1, 0.15) is 18.1 Å². The van der Waals surface area contributed by atoms with E-state index in [1.165, 1.54) is 27.9 Å². The van der Waals surface area contributed by atoms with Crippen molar-refractivity contribution in [2.24, 2.45) is 0 Å². The first-order chi connectivity index (χ1) is 18.4. The van der Waals surface area contributed by atoms with Crippen LogP contribution in [-0.4, -0.2) is 46.0 Å². The van der Waals surface area contributed by atoms with Gasteiger partial charge in [-0.15, -0.1) is 5.10 Å². The Morgan fingerprint density at radius 1 is 0.725 bits per heavy atom. The third-order valence-corrected chi connectivity index (χ3v) is 5.72. The molecule has 11 heteroatoms. The average Bonchev–Trinajstić information content (AvgIpc) is 3.50. The monoisotopic (exact) mass is 562 g/mol. The van der Waals surface area contributed by atoms with Gasteiger partial charge < -0.3 is 4.84 Å². The van der Waals surface area contributed by atoms with Gasteiger partial charge in [-0.05, 0) is 45.0 Å². The lowest BCUT2D eigenvalue weighted by molar-refractivity contribution is -0.136. The molecule has 0 radical (unpaired) electrons. The minimum absolute atomic E-state index is 0. The van der Waals surface area contributed by atoms with Crippen molar-refractivity contribution in [1.82, 2.24) is 20.1 Å². The molecule has 40 heavy (non-hydrogen) atoms. The summed E-state index contributed by atoms with van der Waals surface area (Å²) in [5.41, 5.74) is 3.13. The molecule has 1 aromatic heterocycles. The second-order valence-corrected chi connectivity index (χ2v) is 8.64. The Morgan fingerprint density at radius 3 is 1.48 bits per heavy atom. The van der Waals surface area contributed by atoms with Gasteiger partial charge in [-0.3, -0.25) is 14.5 Å². The number of rotatable bonds is 1. The van der Waals surface area contributed by atoms with Crippen LogP contribution in [0.15, 0.2) is 48.5 Å². The van der Waals surface area contributed by atoms with Crippen molar-refractivity contribution in [3.05, 3.63) is 94.1 Å². The Bertz CT molecular complexity index is 1300. The number of halogens is 4. The molecule has 4 aromatic rings. The molecule has 0 atom stereocenters. The molecule has 1 aliphatic heterocycles. The first-order valence-electron chi connectivity index (χ1n) is 11.9. The van der Waals surface area contributed by atoms with Gasteiger partial charge in [0.15, 0.2) is 23.3 Å². The van der Waals surface area contributed by atoms with E-state index in [4.69, 9.17) is 4.84 Å². The van der Waals surface area contributed by atoms with Crippen molar-refractivity contribution >= 4 is 22.8 Å². The number of benzene rings is 3. The molecule has 2 amide bonds. The number of fused-ring (bicyclic) bond motifs is 1. The molecule has 2 heterocycles. The number of imide groups is 1. The number of carbonyl (C=O) groups is 2. The van der Waals surface area contributed by atoms with E-state index in [0.29, 0.717) is 12.8 Å². The Morgan fingerprint density at radius 2 is 1.12 bits per heavy atom. The maximum atomic E-state index is 12.7. The minimum Gasteiger partial charge on any atom is -0.398 e. The van der Waals surface area contributed by atoms with E-state index in [2.05, 4.69) is 48.4 Å². The first kappa shape index (κ1) is 33.7. The molecule has 1 saturated heterocycles. The fourth-order valence-corrected chi connectivity index (χ4v) is 3.16. The number of likely N-dealkylation sites (tertiary alicyclic amines) is 1. The summed E-state index contributed by atoms with van der Waals surface area (Å²) in [6.45, 7) is 6.16. The fraction of sp³-hybridized carbons (Fsp3) is 0.310. The third-order valence-electron chi connectivity index (χ3n) is 5.72. The Labute approximate surface area is 231 Å². The Balaban J connectivity index is 0.000000268. The SMILES string of the molecule is C.CN1C(=O)CCC1=O.COn1nnc2ccccc21.Cc1c(F)c(F)c(C)c(F)c1F.Cc1ccc(C)cc1. The summed E-state index contributed by atoms with van der Waals surface area (Å²) in [5.74, 6) is -5.43. The number of carbonyl (C=O) groups excluding carboxylic acids is 2. The highest BCUT2D eigenvalue weighted by atomic mass is 19.2. The topological polar surface area (TPSA) is 77.3 Å². The Hall–Kier alpha value is -4.28. The van der Waals surface area contributed by atoms with Gasteiger partial charge in [-0.25, -0.2) is 17.6 Å². The van der Waals surface area contributed by atoms with E-state index in [-0.39, 0.29) is 19.2 Å². The van der Waals surface area contributed by atoms with Crippen LogP contribution in [0.1, 0.15) is 42.5 Å². The van der Waals surface area contributed by atoms with Gasteiger partial charge in [-0.1, -0.05) is 59.8 Å². The summed E-state index contributed by atoms with van der Waals surface area (Å²) < 4.78 is 50.6. The smallest absolute Gasteiger partial charge is 0.229 e. The van der Waals surface area contributed by atoms with Crippen LogP contribution in [0.2, 0.25) is 0 Å². The molecule has 0 saturated carbocycles. The zero-order valence-corrected chi connectivity index (χ0v) is 22.6. The van der Waals surface area contributed by atoms with E-state index in [1.54, 1.807) is 7.11 Å². The fourth-order valence-electron chi connectivity index (χ4n) is 3.16. The van der Waals surface area contributed by atoms with Crippen molar-refractivity contribution in [2.45, 2.75) is 48.0 Å². The maximum Gasteiger partial charge on any atom is 0.229 e. The number of amides is 2. The first-order valence-corrected chi connectivity index (χ1v) is 11.9. The van der Waals surface area contributed by atoms with Gasteiger partial charge in [-0.2, -0.15) is 0 Å². The van der Waals surface area contributed by atoms with Gasteiger partial charge in [0, 0.05) is 31.0 Å². The molecule has 0 spiro atoms. The van der Waals surface area contributed by atoms with E-state index in [1.807, 2.05) is 24.3 Å². The molecule has 1 fully saturated rings. The summed E-state index contributed by atoms with van der Waals surface area (Å²) in [4.78, 5) is 28.4. The van der Waals surface area contributed by atoms with Gasteiger partial charge >= 0.3 is 0 Å². The molecular formula is C29H34F4N4O3. The van der Waals surface area contributed by atoms with E-state index in [9.17, 15) is 27.2 Å². The number of aryl methyl sites for hydroxylation is 2. The molecule has 1 aliphatic rings. The summed E-state index contributed by atoms with van der Waals surface area (Å²) >= 11 is 0. The molecule has 7 nitrogen and oxygen atoms in total. The minimum atomic E-state index is -1.33. The zero-order valence-electron chi connectivity index (χ0n) is 22.6. The third kappa shape index (κ3) is 8.62. The van der Waals surface area contributed by atoms with E-state index >= 15 is 0 Å². The second kappa shape index (κ2) is 15.3. The lowest BCUT2D eigenvalue weighted by Gasteiger charge is -2.04. The standard InChI is InChI=1S/C8H6F4.C8H10.C7H7N3O.C5H7NO2.CH4/c1-3-5(9)7(11)4(2)8(12)6(3)10;1-7-3-5-8(2)6-4-7;1-11-10-7-5-3-2-4-6(7)8-9-10;1-6-4(7)2-3-5(6)8;/h1-2H3;3-6H,1-2H3;2-5H,1H3;2-3H2,1H3;1H4. The quantitative estimate of drug-likeness (QED) is 0.160. The lowest BCUT2D eigenvalue weighted by atomic mass is 10.1. The van der Waals surface area contributed by atoms with Crippen molar-refractivity contribution in [3.63, 3.8) is 0 Å². The van der Waals surface area contributed by atoms with Crippen molar-refractivity contribution in [3.8, 4) is 0 Å². The molecule has 216 valence electrons. The predicted molar refractivity (Wildman–Crippen MR) is 145 cm³/mol. The highest BCUT2D eigenvalue weighted by Crippen LogP contribution is 2.22. The normalized spacial score (nSPS) is 11.9. The highest BCUT2D eigenvalue weighted by molar-refractivity contribution is 6.01. The molecule has 0 bridgehead atoms. The predicted octanol–water partition coefficient (Wildman–Crippen LogP) is 6.05.